The van der Waals surface area contributed by atoms with E-state index in [1.165, 1.54) is 0 Å². The number of aliphatic hydroxyl groups excluding tert-OH is 3. The third-order valence-corrected chi connectivity index (χ3v) is 4.30. The van der Waals surface area contributed by atoms with Gasteiger partial charge in [0.1, 0.15) is 0 Å². The molecule has 1 aromatic rings. The van der Waals surface area contributed by atoms with Crippen molar-refractivity contribution in [2.24, 2.45) is 5.41 Å². The lowest BCUT2D eigenvalue weighted by Crippen LogP contribution is -2.32. The Labute approximate surface area is 112 Å². The van der Waals surface area contributed by atoms with Crippen molar-refractivity contribution in [3.8, 4) is 0 Å². The van der Waals surface area contributed by atoms with Crippen molar-refractivity contribution < 1.29 is 20.1 Å². The van der Waals surface area contributed by atoms with Crippen LogP contribution >= 0.6 is 0 Å². The van der Waals surface area contributed by atoms with Gasteiger partial charge >= 0.3 is 0 Å². The number of Topliss-reactive ketones (excluding diaryl/α,β-unsaturated/α-hetero) is 1. The number of rotatable bonds is 3. The quantitative estimate of drug-likeness (QED) is 0.763. The Balaban J connectivity index is 2.67. The first-order valence-electron chi connectivity index (χ1n) is 6.46. The van der Waals surface area contributed by atoms with Crippen LogP contribution in [0.25, 0.3) is 0 Å². The fourth-order valence-electron chi connectivity index (χ4n) is 2.98. The first-order chi connectivity index (χ1) is 8.88. The molecule has 1 aliphatic carbocycles. The summed E-state index contributed by atoms with van der Waals surface area (Å²) >= 11 is 0. The third kappa shape index (κ3) is 1.83. The fraction of sp³-hybridized carbons (Fsp3) is 0.533. The zero-order valence-electron chi connectivity index (χ0n) is 11.5. The molecule has 104 valence electrons. The Kier molecular flexibility index (Phi) is 3.51. The highest BCUT2D eigenvalue weighted by Crippen LogP contribution is 2.47. The van der Waals surface area contributed by atoms with Crippen LogP contribution in [0.5, 0.6) is 0 Å². The maximum Gasteiger partial charge on any atom is 0.174 e. The number of carbonyl (C=O) groups excluding carboxylic acids is 1. The molecule has 0 radical (unpaired) electrons. The number of aliphatic hydroxyl groups is 3. The van der Waals surface area contributed by atoms with Crippen molar-refractivity contribution in [1.29, 1.82) is 0 Å². The van der Waals surface area contributed by atoms with E-state index in [2.05, 4.69) is 0 Å². The molecule has 0 saturated heterocycles. The Morgan fingerprint density at radius 2 is 1.95 bits per heavy atom. The molecule has 0 heterocycles. The molecule has 2 rings (SSSR count). The largest absolute Gasteiger partial charge is 0.396 e. The van der Waals surface area contributed by atoms with E-state index in [9.17, 15) is 15.0 Å². The van der Waals surface area contributed by atoms with Gasteiger partial charge in [-0.1, -0.05) is 6.07 Å². The van der Waals surface area contributed by atoms with E-state index in [1.807, 2.05) is 13.8 Å². The zero-order valence-corrected chi connectivity index (χ0v) is 11.5. The third-order valence-electron chi connectivity index (χ3n) is 4.30. The van der Waals surface area contributed by atoms with Crippen molar-refractivity contribution in [3.05, 3.63) is 33.9 Å². The average molecular weight is 264 g/mol. The summed E-state index contributed by atoms with van der Waals surface area (Å²) in [5.74, 6) is -0.214. The van der Waals surface area contributed by atoms with Crippen LogP contribution in [-0.2, 0) is 6.42 Å². The summed E-state index contributed by atoms with van der Waals surface area (Å²) in [5.41, 5.74) is 2.67. The van der Waals surface area contributed by atoms with Gasteiger partial charge in [-0.25, -0.2) is 0 Å². The molecule has 0 aromatic heterocycles. The number of carbonyl (C=O) groups is 1. The summed E-state index contributed by atoms with van der Waals surface area (Å²) in [7, 11) is 0. The Morgan fingerprint density at radius 1 is 1.32 bits per heavy atom. The van der Waals surface area contributed by atoms with E-state index in [1.54, 1.807) is 13.0 Å². The van der Waals surface area contributed by atoms with Crippen molar-refractivity contribution in [2.45, 2.75) is 33.3 Å². The lowest BCUT2D eigenvalue weighted by molar-refractivity contribution is 0.0129. The van der Waals surface area contributed by atoms with Crippen LogP contribution in [0.1, 0.15) is 45.6 Å². The number of hydrogen-bond donors (Lipinski definition) is 3. The summed E-state index contributed by atoms with van der Waals surface area (Å²) in [4.78, 5) is 12.5. The molecule has 0 spiro atoms. The molecular formula is C15H20O4. The zero-order chi connectivity index (χ0) is 14.4. The van der Waals surface area contributed by atoms with Crippen molar-refractivity contribution >= 4 is 5.78 Å². The molecule has 3 N–H and O–H groups in total. The summed E-state index contributed by atoms with van der Waals surface area (Å²) < 4.78 is 0. The SMILES string of the molecule is Cc1cc2c(c(C)c1CCO)C(=O)[C@](C)(CO)[C@H]2O. The second kappa shape index (κ2) is 4.71. The fourth-order valence-corrected chi connectivity index (χ4v) is 2.98. The van der Waals surface area contributed by atoms with E-state index in [0.717, 1.165) is 16.7 Å². The van der Waals surface area contributed by atoms with Gasteiger partial charge in [-0.15, -0.1) is 0 Å². The van der Waals surface area contributed by atoms with Crippen LogP contribution < -0.4 is 0 Å². The molecule has 1 aliphatic rings. The van der Waals surface area contributed by atoms with E-state index < -0.39 is 11.5 Å². The molecule has 0 bridgehead atoms. The average Bonchev–Trinajstić information content (AvgIpc) is 2.57. The standard InChI is InChI=1S/C15H20O4/c1-8-6-11-12(9(2)10(8)4-5-16)14(19)15(3,7-17)13(11)18/h6,13,16-18H,4-5,7H2,1-3H3/t13-,15+/m0/s1. The summed E-state index contributed by atoms with van der Waals surface area (Å²) in [6, 6.07) is 1.80. The van der Waals surface area contributed by atoms with Gasteiger partial charge in [-0.05, 0) is 49.4 Å². The summed E-state index contributed by atoms with van der Waals surface area (Å²) in [5, 5.41) is 28.9. The molecule has 4 heteroatoms. The van der Waals surface area contributed by atoms with Crippen LogP contribution in [0, 0.1) is 19.3 Å². The van der Waals surface area contributed by atoms with Gasteiger partial charge in [0, 0.05) is 12.2 Å². The number of aryl methyl sites for hydroxylation is 1. The summed E-state index contributed by atoms with van der Waals surface area (Å²) in [6.07, 6.45) is -0.481. The normalized spacial score (nSPS) is 25.8. The second-order valence-corrected chi connectivity index (χ2v) is 5.54. The molecule has 1 aromatic carbocycles. The molecule has 19 heavy (non-hydrogen) atoms. The predicted molar refractivity (Wildman–Crippen MR) is 71.2 cm³/mol. The van der Waals surface area contributed by atoms with Gasteiger partial charge in [-0.3, -0.25) is 4.79 Å². The van der Waals surface area contributed by atoms with Crippen LogP contribution in [0.2, 0.25) is 0 Å². The van der Waals surface area contributed by atoms with E-state index in [-0.39, 0.29) is 19.0 Å². The first-order valence-corrected chi connectivity index (χ1v) is 6.46. The van der Waals surface area contributed by atoms with Crippen LogP contribution in [0.4, 0.5) is 0 Å². The van der Waals surface area contributed by atoms with E-state index in [4.69, 9.17) is 5.11 Å². The summed E-state index contributed by atoms with van der Waals surface area (Å²) in [6.45, 7) is 4.97. The number of ketones is 1. The predicted octanol–water partition coefficient (Wildman–Crippen LogP) is 1.07. The highest BCUT2D eigenvalue weighted by molar-refractivity contribution is 6.07. The molecule has 0 fully saturated rings. The topological polar surface area (TPSA) is 77.8 Å². The molecular weight excluding hydrogens is 244 g/mol. The molecule has 0 unspecified atom stereocenters. The Morgan fingerprint density at radius 3 is 2.47 bits per heavy atom. The maximum atomic E-state index is 12.5. The lowest BCUT2D eigenvalue weighted by atomic mass is 9.84. The molecule has 0 aliphatic heterocycles. The van der Waals surface area contributed by atoms with Crippen LogP contribution in [0.3, 0.4) is 0 Å². The minimum absolute atomic E-state index is 0.0223. The monoisotopic (exact) mass is 264 g/mol. The minimum atomic E-state index is -1.16. The first kappa shape index (κ1) is 14.2. The van der Waals surface area contributed by atoms with Gasteiger partial charge in [0.05, 0.1) is 18.1 Å². The van der Waals surface area contributed by atoms with Gasteiger partial charge in [0.25, 0.3) is 0 Å². The van der Waals surface area contributed by atoms with Crippen LogP contribution in [-0.4, -0.2) is 34.3 Å². The smallest absolute Gasteiger partial charge is 0.174 e. The van der Waals surface area contributed by atoms with Crippen molar-refractivity contribution in [3.63, 3.8) is 0 Å². The number of hydrogen-bond acceptors (Lipinski definition) is 4. The molecule has 0 amide bonds. The molecule has 0 saturated carbocycles. The Hall–Kier alpha value is -1.23. The van der Waals surface area contributed by atoms with E-state index in [0.29, 0.717) is 17.5 Å². The molecule has 4 nitrogen and oxygen atoms in total. The maximum absolute atomic E-state index is 12.5. The van der Waals surface area contributed by atoms with Gasteiger partial charge in [0.15, 0.2) is 5.78 Å². The van der Waals surface area contributed by atoms with Crippen molar-refractivity contribution in [2.75, 3.05) is 13.2 Å². The van der Waals surface area contributed by atoms with Gasteiger partial charge in [0.2, 0.25) is 0 Å². The number of fused-ring (bicyclic) bond motifs is 1. The second-order valence-electron chi connectivity index (χ2n) is 5.54. The highest BCUT2D eigenvalue weighted by Gasteiger charge is 2.49. The Bertz CT molecular complexity index is 535. The molecule has 2 atom stereocenters. The van der Waals surface area contributed by atoms with E-state index >= 15 is 0 Å². The highest BCUT2D eigenvalue weighted by atomic mass is 16.3. The van der Waals surface area contributed by atoms with Gasteiger partial charge < -0.3 is 15.3 Å². The number of benzene rings is 1. The van der Waals surface area contributed by atoms with Gasteiger partial charge in [-0.2, -0.15) is 0 Å². The van der Waals surface area contributed by atoms with Crippen LogP contribution in [0.15, 0.2) is 6.07 Å². The minimum Gasteiger partial charge on any atom is -0.396 e. The lowest BCUT2D eigenvalue weighted by Gasteiger charge is -2.23. The van der Waals surface area contributed by atoms with Crippen molar-refractivity contribution in [1.82, 2.24) is 0 Å².